The first-order valence-corrected chi connectivity index (χ1v) is 4.85. The molecule has 1 rings (SSSR count). The Labute approximate surface area is 113 Å². The third-order valence-electron chi connectivity index (χ3n) is 1.26. The number of nitrogens with zero attached hydrogens (tertiary/aromatic N) is 1. The predicted octanol–water partition coefficient (Wildman–Crippen LogP) is -4.88. The van der Waals surface area contributed by atoms with Crippen LogP contribution in [0.1, 0.15) is 0 Å². The maximum Gasteiger partial charge on any atom is 1.00 e. The molecule has 7 heteroatoms. The van der Waals surface area contributed by atoms with Crippen LogP contribution in [0.5, 0.6) is 0 Å². The summed E-state index contributed by atoms with van der Waals surface area (Å²) in [5.74, 6) is -0.969. The number of amides is 1. The van der Waals surface area contributed by atoms with E-state index in [1.165, 1.54) is 12.1 Å². The monoisotopic (exact) mass is 211 g/mol. The van der Waals surface area contributed by atoms with Crippen molar-refractivity contribution in [2.75, 3.05) is 0 Å². The zero-order valence-electron chi connectivity index (χ0n) is 8.67. The van der Waals surface area contributed by atoms with E-state index in [0.29, 0.717) is 0 Å². The third kappa shape index (κ3) is 5.37. The van der Waals surface area contributed by atoms with Gasteiger partial charge in [-0.05, 0) is 12.1 Å². The van der Waals surface area contributed by atoms with Crippen molar-refractivity contribution in [1.29, 1.82) is 0 Å². The summed E-state index contributed by atoms with van der Waals surface area (Å²) in [6.07, 6.45) is 0. The molecule has 0 heterocycles. The summed E-state index contributed by atoms with van der Waals surface area (Å²) in [5, 5.41) is 0. The Hall–Kier alpha value is -0.295. The van der Waals surface area contributed by atoms with Gasteiger partial charge < -0.3 is 16.4 Å². The van der Waals surface area contributed by atoms with E-state index in [2.05, 4.69) is 11.6 Å². The minimum absolute atomic E-state index is 0. The summed E-state index contributed by atoms with van der Waals surface area (Å²) in [5.41, 5.74) is 0. The van der Waals surface area contributed by atoms with Gasteiger partial charge in [-0.25, -0.2) is 8.42 Å². The number of benzene rings is 1. The van der Waals surface area contributed by atoms with Gasteiger partial charge in [0.25, 0.3) is 0 Å². The molecule has 0 N–H and O–H groups in total. The van der Waals surface area contributed by atoms with Gasteiger partial charge in [-0.2, -0.15) is 0 Å². The van der Waals surface area contributed by atoms with Crippen molar-refractivity contribution in [2.45, 2.75) is 4.90 Å². The van der Waals surface area contributed by atoms with Crippen LogP contribution < -0.4 is 37.7 Å². The molecule has 4 nitrogen and oxygen atoms in total. The summed E-state index contributed by atoms with van der Waals surface area (Å²) >= 11 is 0. The van der Waals surface area contributed by atoms with E-state index in [-0.39, 0.29) is 42.6 Å². The second-order valence-corrected chi connectivity index (χ2v) is 3.88. The van der Waals surface area contributed by atoms with Gasteiger partial charge in [0.1, 0.15) is 10.0 Å². The summed E-state index contributed by atoms with van der Waals surface area (Å²) < 4.78 is 25.3. The maximum absolute atomic E-state index is 11.2. The van der Waals surface area contributed by atoms with Crippen LogP contribution in [-0.4, -0.2) is 14.3 Å². The summed E-state index contributed by atoms with van der Waals surface area (Å²) in [4.78, 5) is 10.4. The molecule has 1 amide bonds. The first-order valence-electron chi connectivity index (χ1n) is 3.41. The first-order chi connectivity index (χ1) is 6.02. The summed E-state index contributed by atoms with van der Waals surface area (Å²) in [6, 6.07) is 7.50. The number of sulfonamides is 1. The van der Waals surface area contributed by atoms with Gasteiger partial charge in [-0.1, -0.05) is 24.1 Å². The Morgan fingerprint density at radius 1 is 1.13 bits per heavy atom. The van der Waals surface area contributed by atoms with Crippen LogP contribution in [0.3, 0.4) is 0 Å². The largest absolute Gasteiger partial charge is 1.00 e. The Bertz CT molecular complexity index is 405. The van der Waals surface area contributed by atoms with Gasteiger partial charge in [0.2, 0.25) is 0 Å². The van der Waals surface area contributed by atoms with Gasteiger partial charge in [-0.15, -0.1) is 0 Å². The molecule has 0 saturated heterocycles. The molecule has 70 valence electrons. The molecule has 0 atom stereocenters. The molecule has 1 aromatic carbocycles. The summed E-state index contributed by atoms with van der Waals surface area (Å²) in [6.45, 7) is 2.86. The second kappa shape index (κ2) is 7.06. The van der Waals surface area contributed by atoms with Crippen LogP contribution in [0.25, 0.3) is 4.72 Å². The minimum Gasteiger partial charge on any atom is -0.569 e. The zero-order valence-corrected chi connectivity index (χ0v) is 9.49. The number of hydrogen-bond donors (Lipinski definition) is 0. The van der Waals surface area contributed by atoms with Gasteiger partial charge in [0.05, 0.1) is 4.90 Å². The van der Waals surface area contributed by atoms with E-state index in [1.807, 2.05) is 0 Å². The molecule has 0 unspecified atom stereocenters. The van der Waals surface area contributed by atoms with Crippen LogP contribution in [0.2, 0.25) is 0 Å². The van der Waals surface area contributed by atoms with Crippen molar-refractivity contribution in [3.8, 4) is 0 Å². The zero-order chi connectivity index (χ0) is 9.90. The second-order valence-electron chi connectivity index (χ2n) is 2.27. The van der Waals surface area contributed by atoms with Crippen molar-refractivity contribution in [2.24, 2.45) is 0 Å². The van der Waals surface area contributed by atoms with Crippen molar-refractivity contribution >= 4 is 15.9 Å². The molecule has 0 radical (unpaired) electrons. The van der Waals surface area contributed by atoms with Crippen LogP contribution in [0.4, 0.5) is 0 Å². The molecule has 0 bridgehead atoms. The van der Waals surface area contributed by atoms with Crippen molar-refractivity contribution in [1.82, 2.24) is 0 Å². The quantitative estimate of drug-likeness (QED) is 0.364. The van der Waals surface area contributed by atoms with E-state index < -0.39 is 15.9 Å². The Balaban J connectivity index is 0. The van der Waals surface area contributed by atoms with Crippen LogP contribution in [-0.2, 0) is 14.8 Å². The minimum atomic E-state index is -3.85. The van der Waals surface area contributed by atoms with E-state index in [0.717, 1.165) is 0 Å². The topological polar surface area (TPSA) is 65.3 Å². The van der Waals surface area contributed by atoms with Crippen LogP contribution in [0.15, 0.2) is 35.2 Å². The van der Waals surface area contributed by atoms with Crippen molar-refractivity contribution < 1.29 is 50.9 Å². The van der Waals surface area contributed by atoms with Gasteiger partial charge >= 0.3 is 37.7 Å². The molecule has 0 spiro atoms. The maximum atomic E-state index is 11.2. The predicted molar refractivity (Wildman–Crippen MR) is 47.4 cm³/mol. The first kappa shape index (κ1) is 17.1. The molecule has 0 aromatic heterocycles. The van der Waals surface area contributed by atoms with E-state index >= 15 is 0 Å². The molecule has 0 fully saturated rings. The fourth-order valence-corrected chi connectivity index (χ4v) is 1.65. The number of rotatable bonds is 2. The average molecular weight is 211 g/mol. The molecular formula is C8H7Li2NO3S. The molecule has 15 heavy (non-hydrogen) atoms. The van der Waals surface area contributed by atoms with Gasteiger partial charge in [-0.3, -0.25) is 0 Å². The molecule has 1 aromatic rings. The molecule has 0 aliphatic rings. The Morgan fingerprint density at radius 2 is 1.60 bits per heavy atom. The number of carbonyl (C=O) groups excluding carboxylic acids is 1. The number of hydrogen-bond acceptors (Lipinski definition) is 3. The van der Waals surface area contributed by atoms with Crippen LogP contribution in [0, 0.1) is 6.92 Å². The Morgan fingerprint density at radius 3 is 2.00 bits per heavy atom. The standard InChI is InChI=1S/C8H8NO3S.2Li/c1-7(10)9-13(11,12)8-5-3-2-4-6-8;;/h2-6H,1H2,(H,9,10);;/q-1;2*+1/p-1. The van der Waals surface area contributed by atoms with E-state index in [4.69, 9.17) is 0 Å². The molecule has 0 aliphatic carbocycles. The summed E-state index contributed by atoms with van der Waals surface area (Å²) in [7, 11) is -3.85. The molecule has 0 saturated carbocycles. The SMILES string of the molecule is [CH2-]C(=O)[N-]S(=O)(=O)c1ccccc1.[Li+].[Li+]. The van der Waals surface area contributed by atoms with Gasteiger partial charge in [0.15, 0.2) is 0 Å². The van der Waals surface area contributed by atoms with Crippen molar-refractivity contribution in [3.63, 3.8) is 0 Å². The smallest absolute Gasteiger partial charge is 0.569 e. The van der Waals surface area contributed by atoms with Crippen LogP contribution >= 0.6 is 0 Å². The fourth-order valence-electron chi connectivity index (χ4n) is 0.779. The normalized spacial score (nSPS) is 9.33. The third-order valence-corrected chi connectivity index (χ3v) is 2.57. The van der Waals surface area contributed by atoms with E-state index in [1.54, 1.807) is 18.2 Å². The molecule has 0 aliphatic heterocycles. The average Bonchev–Trinajstić information content (AvgIpc) is 2.04. The van der Waals surface area contributed by atoms with E-state index in [9.17, 15) is 13.2 Å². The molecular weight excluding hydrogens is 204 g/mol. The Kier molecular flexibility index (Phi) is 8.05. The van der Waals surface area contributed by atoms with Gasteiger partial charge in [0, 0.05) is 0 Å². The fraction of sp³-hybridized carbons (Fsp3) is 0. The van der Waals surface area contributed by atoms with Crippen molar-refractivity contribution in [3.05, 3.63) is 42.0 Å². The number of carbonyl (C=O) groups is 1.